The molecule has 5 heteroatoms. The van der Waals surface area contributed by atoms with Gasteiger partial charge in [-0.2, -0.15) is 0 Å². The van der Waals surface area contributed by atoms with E-state index in [0.717, 1.165) is 19.3 Å². The van der Waals surface area contributed by atoms with E-state index >= 15 is 0 Å². The Labute approximate surface area is 117 Å². The highest BCUT2D eigenvalue weighted by atomic mass is 35.5. The van der Waals surface area contributed by atoms with Crippen molar-refractivity contribution in [3.05, 3.63) is 0 Å². The van der Waals surface area contributed by atoms with Crippen LogP contribution in [0.4, 0.5) is 0 Å². The van der Waals surface area contributed by atoms with E-state index in [4.69, 9.17) is 10.5 Å². The second-order valence-electron chi connectivity index (χ2n) is 5.35. The molecule has 0 spiro atoms. The van der Waals surface area contributed by atoms with Gasteiger partial charge < -0.3 is 15.4 Å². The van der Waals surface area contributed by atoms with Gasteiger partial charge in [0.05, 0.1) is 17.7 Å². The number of rotatable bonds is 4. The summed E-state index contributed by atoms with van der Waals surface area (Å²) in [6.07, 6.45) is 2.85. The van der Waals surface area contributed by atoms with Crippen molar-refractivity contribution in [3.8, 4) is 0 Å². The topological polar surface area (TPSA) is 55.6 Å². The van der Waals surface area contributed by atoms with Crippen LogP contribution in [0.1, 0.15) is 47.0 Å². The lowest BCUT2D eigenvalue weighted by molar-refractivity contribution is -0.149. The first-order chi connectivity index (χ1) is 7.90. The number of nitrogens with two attached hydrogens (primary N) is 1. The summed E-state index contributed by atoms with van der Waals surface area (Å²) in [4.78, 5) is 14.2. The number of carbonyl (C=O) groups excluding carboxylic acids is 1. The summed E-state index contributed by atoms with van der Waals surface area (Å²) in [5, 5.41) is 0. The first-order valence-electron chi connectivity index (χ1n) is 6.64. The lowest BCUT2D eigenvalue weighted by Gasteiger charge is -2.40. The number of carbonyl (C=O) groups is 1. The summed E-state index contributed by atoms with van der Waals surface area (Å²) in [6, 6.07) is 0. The van der Waals surface area contributed by atoms with Crippen LogP contribution in [-0.4, -0.2) is 41.6 Å². The van der Waals surface area contributed by atoms with Gasteiger partial charge in [0.1, 0.15) is 0 Å². The minimum absolute atomic E-state index is 0. The molecule has 2 N–H and O–H groups in total. The van der Waals surface area contributed by atoms with E-state index < -0.39 is 5.54 Å². The lowest BCUT2D eigenvalue weighted by atomic mass is 9.95. The molecule has 1 saturated heterocycles. The van der Waals surface area contributed by atoms with Gasteiger partial charge >= 0.3 is 0 Å². The molecular formula is C13H27ClN2O2. The maximum atomic E-state index is 12.4. The summed E-state index contributed by atoms with van der Waals surface area (Å²) in [5.41, 5.74) is 5.37. The largest absolute Gasteiger partial charge is 0.372 e. The molecule has 0 aromatic carbocycles. The second-order valence-corrected chi connectivity index (χ2v) is 5.35. The number of morpholine rings is 1. The van der Waals surface area contributed by atoms with Crippen LogP contribution < -0.4 is 5.73 Å². The molecule has 3 unspecified atom stereocenters. The van der Waals surface area contributed by atoms with Gasteiger partial charge in [0, 0.05) is 13.1 Å². The van der Waals surface area contributed by atoms with Crippen LogP contribution in [0.2, 0.25) is 0 Å². The van der Waals surface area contributed by atoms with Gasteiger partial charge in [-0.15, -0.1) is 12.4 Å². The van der Waals surface area contributed by atoms with Crippen molar-refractivity contribution in [2.75, 3.05) is 13.1 Å². The third-order valence-electron chi connectivity index (χ3n) is 3.33. The molecule has 0 bridgehead atoms. The van der Waals surface area contributed by atoms with Crippen LogP contribution in [-0.2, 0) is 9.53 Å². The fourth-order valence-corrected chi connectivity index (χ4v) is 2.42. The van der Waals surface area contributed by atoms with Gasteiger partial charge in [-0.05, 0) is 26.7 Å². The van der Waals surface area contributed by atoms with Crippen molar-refractivity contribution < 1.29 is 9.53 Å². The van der Waals surface area contributed by atoms with Crippen LogP contribution in [0, 0.1) is 0 Å². The number of halogens is 1. The zero-order valence-electron chi connectivity index (χ0n) is 11.9. The summed E-state index contributed by atoms with van der Waals surface area (Å²) >= 11 is 0. The van der Waals surface area contributed by atoms with Crippen molar-refractivity contribution in [1.82, 2.24) is 4.90 Å². The van der Waals surface area contributed by atoms with Crippen molar-refractivity contribution in [1.29, 1.82) is 0 Å². The van der Waals surface area contributed by atoms with Crippen LogP contribution in [0.3, 0.4) is 0 Å². The normalized spacial score (nSPS) is 27.3. The molecule has 1 fully saturated rings. The molecule has 4 nitrogen and oxygen atoms in total. The van der Waals surface area contributed by atoms with Crippen LogP contribution in [0.5, 0.6) is 0 Å². The predicted molar refractivity (Wildman–Crippen MR) is 76.0 cm³/mol. The molecule has 3 atom stereocenters. The molecule has 1 aliphatic heterocycles. The molecule has 18 heavy (non-hydrogen) atoms. The summed E-state index contributed by atoms with van der Waals surface area (Å²) in [7, 11) is 0. The molecule has 1 amide bonds. The molecule has 1 rings (SSSR count). The Bertz CT molecular complexity index is 272. The highest BCUT2D eigenvalue weighted by Gasteiger charge is 2.35. The van der Waals surface area contributed by atoms with Crippen LogP contribution in [0.15, 0.2) is 0 Å². The van der Waals surface area contributed by atoms with E-state index in [1.807, 2.05) is 18.7 Å². The highest BCUT2D eigenvalue weighted by Crippen LogP contribution is 2.19. The number of hydrogen-bond donors (Lipinski definition) is 1. The Morgan fingerprint density at radius 3 is 2.56 bits per heavy atom. The summed E-state index contributed by atoms with van der Waals surface area (Å²) in [5.74, 6) is 0.0629. The van der Waals surface area contributed by atoms with E-state index in [0.29, 0.717) is 13.1 Å². The number of nitrogens with zero attached hydrogens (tertiary/aromatic N) is 1. The van der Waals surface area contributed by atoms with Crippen molar-refractivity contribution in [3.63, 3.8) is 0 Å². The quantitative estimate of drug-likeness (QED) is 0.855. The first kappa shape index (κ1) is 17.7. The van der Waals surface area contributed by atoms with Crippen LogP contribution >= 0.6 is 12.4 Å². The van der Waals surface area contributed by atoms with Gasteiger partial charge in [0.25, 0.3) is 0 Å². The van der Waals surface area contributed by atoms with Crippen LogP contribution in [0.25, 0.3) is 0 Å². The number of amides is 1. The van der Waals surface area contributed by atoms with Crippen molar-refractivity contribution in [2.45, 2.75) is 64.7 Å². The van der Waals surface area contributed by atoms with Crippen molar-refractivity contribution >= 4 is 18.3 Å². The first-order valence-corrected chi connectivity index (χ1v) is 6.64. The Morgan fingerprint density at radius 1 is 1.44 bits per heavy atom. The molecule has 1 aliphatic rings. The Kier molecular flexibility index (Phi) is 7.18. The molecule has 0 aromatic heterocycles. The van der Waals surface area contributed by atoms with Gasteiger partial charge in [0.2, 0.25) is 5.91 Å². The van der Waals surface area contributed by atoms with Crippen molar-refractivity contribution in [2.24, 2.45) is 5.73 Å². The van der Waals surface area contributed by atoms with E-state index in [2.05, 4.69) is 13.8 Å². The summed E-state index contributed by atoms with van der Waals surface area (Å²) < 4.78 is 5.75. The van der Waals surface area contributed by atoms with E-state index in [1.165, 1.54) is 0 Å². The Balaban J connectivity index is 0.00000289. The van der Waals surface area contributed by atoms with E-state index in [1.54, 1.807) is 0 Å². The van der Waals surface area contributed by atoms with E-state index in [9.17, 15) is 4.79 Å². The van der Waals surface area contributed by atoms with Gasteiger partial charge in [-0.1, -0.05) is 20.3 Å². The second kappa shape index (κ2) is 7.31. The molecular weight excluding hydrogens is 252 g/mol. The molecule has 0 saturated carbocycles. The Hall–Kier alpha value is -0.320. The maximum Gasteiger partial charge on any atom is 0.242 e. The minimum Gasteiger partial charge on any atom is -0.372 e. The lowest BCUT2D eigenvalue weighted by Crippen LogP contribution is -2.58. The smallest absolute Gasteiger partial charge is 0.242 e. The van der Waals surface area contributed by atoms with Gasteiger partial charge in [0.15, 0.2) is 0 Å². The average Bonchev–Trinajstić information content (AvgIpc) is 2.27. The van der Waals surface area contributed by atoms with Gasteiger partial charge in [-0.3, -0.25) is 4.79 Å². The van der Waals surface area contributed by atoms with E-state index in [-0.39, 0.29) is 30.5 Å². The third kappa shape index (κ3) is 4.41. The molecule has 108 valence electrons. The molecule has 0 radical (unpaired) electrons. The Morgan fingerprint density at radius 2 is 2.06 bits per heavy atom. The zero-order valence-corrected chi connectivity index (χ0v) is 12.8. The minimum atomic E-state index is -0.732. The highest BCUT2D eigenvalue weighted by molar-refractivity contribution is 5.86. The fraction of sp³-hybridized carbons (Fsp3) is 0.923. The molecule has 0 aliphatic carbocycles. The number of hydrogen-bond acceptors (Lipinski definition) is 3. The number of ether oxygens (including phenoxy) is 1. The average molecular weight is 279 g/mol. The monoisotopic (exact) mass is 278 g/mol. The van der Waals surface area contributed by atoms with Gasteiger partial charge in [-0.25, -0.2) is 0 Å². The molecule has 1 heterocycles. The zero-order chi connectivity index (χ0) is 13.1. The maximum absolute atomic E-state index is 12.4. The summed E-state index contributed by atoms with van der Waals surface area (Å²) in [6.45, 7) is 9.31. The molecule has 0 aromatic rings. The fourth-order valence-electron chi connectivity index (χ4n) is 2.42. The third-order valence-corrected chi connectivity index (χ3v) is 3.33. The standard InChI is InChI=1S/C13H26N2O2.ClH/c1-5-7-13(4,14)12(16)15-8-10(3)17-11(6-2)9-15;/h10-11H,5-9,14H2,1-4H3;1H. The predicted octanol–water partition coefficient (Wildman–Crippen LogP) is 1.95. The SMILES string of the molecule is CCCC(C)(N)C(=O)N1CC(C)OC(CC)C1.Cl.